The summed E-state index contributed by atoms with van der Waals surface area (Å²) in [5.41, 5.74) is 9.04. The summed E-state index contributed by atoms with van der Waals surface area (Å²) in [4.78, 5) is 14.4. The average molecular weight is 297 g/mol. The Labute approximate surface area is 122 Å². The molecule has 1 aromatic carbocycles. The molecule has 0 atom stereocenters. The van der Waals surface area contributed by atoms with Gasteiger partial charge in [0.25, 0.3) is 0 Å². The molecule has 0 bridgehead atoms. The van der Waals surface area contributed by atoms with E-state index in [2.05, 4.69) is 15.3 Å². The Morgan fingerprint density at radius 1 is 1.50 bits per heavy atom. The number of nitrogens with zero attached hydrogens (tertiary/aromatic N) is 3. The third-order valence-corrected chi connectivity index (χ3v) is 2.56. The van der Waals surface area contributed by atoms with Crippen molar-refractivity contribution in [3.8, 4) is 0 Å². The van der Waals surface area contributed by atoms with Gasteiger partial charge in [0.05, 0.1) is 10.7 Å². The Hall–Kier alpha value is -1.91. The summed E-state index contributed by atoms with van der Waals surface area (Å²) in [7, 11) is 0. The van der Waals surface area contributed by atoms with Crippen molar-refractivity contribution in [1.82, 2.24) is 0 Å². The topological polar surface area (TPSA) is 87.1 Å². The molecule has 108 valence electrons. The Morgan fingerprint density at radius 2 is 2.20 bits per heavy atom. The van der Waals surface area contributed by atoms with Gasteiger partial charge >= 0.3 is 6.09 Å². The minimum Gasteiger partial charge on any atom is -0.444 e. The number of carbonyl (C=O) groups excluding carboxylic acids is 1. The SMILES string of the molecule is CC(C)(C)OC(=O)Nc1cc(CCN=[N+]=[N-])ccc1Cl. The lowest BCUT2D eigenvalue weighted by Crippen LogP contribution is -2.27. The summed E-state index contributed by atoms with van der Waals surface area (Å²) in [6.07, 6.45) is 0.0103. The molecule has 0 fully saturated rings. The van der Waals surface area contributed by atoms with E-state index in [0.717, 1.165) is 5.56 Å². The number of rotatable bonds is 4. The Morgan fingerprint density at radius 3 is 2.80 bits per heavy atom. The highest BCUT2D eigenvalue weighted by Crippen LogP contribution is 2.24. The zero-order chi connectivity index (χ0) is 15.2. The zero-order valence-electron chi connectivity index (χ0n) is 11.7. The van der Waals surface area contributed by atoms with E-state index < -0.39 is 11.7 Å². The van der Waals surface area contributed by atoms with Crippen molar-refractivity contribution in [3.05, 3.63) is 39.2 Å². The maximum absolute atomic E-state index is 11.7. The van der Waals surface area contributed by atoms with E-state index in [9.17, 15) is 4.79 Å². The smallest absolute Gasteiger partial charge is 0.412 e. The summed E-state index contributed by atoms with van der Waals surface area (Å²) in [6.45, 7) is 5.70. The molecule has 1 aromatic rings. The second kappa shape index (κ2) is 7.03. The standard InChI is InChI=1S/C13H17ClN4O2/c1-13(2,3)20-12(19)17-11-8-9(4-5-10(11)14)6-7-16-18-15/h4-5,8H,6-7H2,1-3H3,(H,17,19). The minimum absolute atomic E-state index is 0.351. The van der Waals surface area contributed by atoms with Crippen LogP contribution in [0, 0.1) is 0 Å². The van der Waals surface area contributed by atoms with E-state index in [4.69, 9.17) is 21.9 Å². The summed E-state index contributed by atoms with van der Waals surface area (Å²) >= 11 is 6.02. The Bertz CT molecular complexity index is 534. The maximum Gasteiger partial charge on any atom is 0.412 e. The molecular formula is C13H17ClN4O2. The van der Waals surface area contributed by atoms with Crippen molar-refractivity contribution >= 4 is 23.4 Å². The summed E-state index contributed by atoms with van der Waals surface area (Å²) in [5.74, 6) is 0. The Kier molecular flexibility index (Phi) is 5.67. The maximum atomic E-state index is 11.7. The van der Waals surface area contributed by atoms with E-state index in [0.29, 0.717) is 23.7 Å². The van der Waals surface area contributed by atoms with Crippen molar-refractivity contribution in [2.24, 2.45) is 5.11 Å². The van der Waals surface area contributed by atoms with Crippen LogP contribution in [0.3, 0.4) is 0 Å². The molecule has 1 rings (SSSR count). The zero-order valence-corrected chi connectivity index (χ0v) is 12.4. The molecule has 0 aliphatic rings. The van der Waals surface area contributed by atoms with Crippen LogP contribution in [0.5, 0.6) is 0 Å². The second-order valence-corrected chi connectivity index (χ2v) is 5.55. The van der Waals surface area contributed by atoms with E-state index in [1.54, 1.807) is 32.9 Å². The Balaban J connectivity index is 2.76. The normalized spacial score (nSPS) is 10.6. The highest BCUT2D eigenvalue weighted by atomic mass is 35.5. The molecule has 7 heteroatoms. The largest absolute Gasteiger partial charge is 0.444 e. The van der Waals surface area contributed by atoms with Gasteiger partial charge in [0.1, 0.15) is 5.60 Å². The molecule has 0 aliphatic carbocycles. The van der Waals surface area contributed by atoms with Crippen LogP contribution < -0.4 is 5.32 Å². The van der Waals surface area contributed by atoms with Crippen molar-refractivity contribution in [1.29, 1.82) is 0 Å². The number of amides is 1. The molecule has 0 saturated carbocycles. The van der Waals surface area contributed by atoms with Crippen molar-refractivity contribution < 1.29 is 9.53 Å². The van der Waals surface area contributed by atoms with Gasteiger partial charge in [-0.2, -0.15) is 0 Å². The molecule has 0 aliphatic heterocycles. The predicted molar refractivity (Wildman–Crippen MR) is 79.0 cm³/mol. The molecule has 0 unspecified atom stereocenters. The van der Waals surface area contributed by atoms with Crippen LogP contribution in [0.4, 0.5) is 10.5 Å². The van der Waals surface area contributed by atoms with Gasteiger partial charge in [0, 0.05) is 11.5 Å². The average Bonchev–Trinajstić information content (AvgIpc) is 2.31. The molecule has 1 N–H and O–H groups in total. The van der Waals surface area contributed by atoms with Crippen molar-refractivity contribution in [2.45, 2.75) is 32.8 Å². The van der Waals surface area contributed by atoms with Gasteiger partial charge in [-0.05, 0) is 50.4 Å². The first-order chi connectivity index (χ1) is 9.31. The number of anilines is 1. The number of hydrogen-bond donors (Lipinski definition) is 1. The van der Waals surface area contributed by atoms with Crippen LogP contribution in [0.25, 0.3) is 10.4 Å². The lowest BCUT2D eigenvalue weighted by Gasteiger charge is -2.20. The van der Waals surface area contributed by atoms with Gasteiger partial charge in [0.2, 0.25) is 0 Å². The van der Waals surface area contributed by atoms with Gasteiger partial charge < -0.3 is 4.74 Å². The summed E-state index contributed by atoms with van der Waals surface area (Å²) in [5, 5.41) is 6.48. The number of hydrogen-bond acceptors (Lipinski definition) is 3. The van der Waals surface area contributed by atoms with Crippen molar-refractivity contribution in [3.63, 3.8) is 0 Å². The fourth-order valence-corrected chi connectivity index (χ4v) is 1.63. The van der Waals surface area contributed by atoms with Gasteiger partial charge in [-0.3, -0.25) is 5.32 Å². The van der Waals surface area contributed by atoms with Crippen LogP contribution in [0.15, 0.2) is 23.3 Å². The first-order valence-corrected chi connectivity index (χ1v) is 6.49. The lowest BCUT2D eigenvalue weighted by molar-refractivity contribution is 0.0636. The third kappa shape index (κ3) is 5.82. The summed E-state index contributed by atoms with van der Waals surface area (Å²) < 4.78 is 5.16. The monoisotopic (exact) mass is 296 g/mol. The molecule has 20 heavy (non-hydrogen) atoms. The lowest BCUT2D eigenvalue weighted by atomic mass is 10.1. The highest BCUT2D eigenvalue weighted by molar-refractivity contribution is 6.33. The number of ether oxygens (including phenoxy) is 1. The molecule has 1 amide bonds. The number of halogens is 1. The predicted octanol–water partition coefficient (Wildman–Crippen LogP) is 4.54. The quantitative estimate of drug-likeness (QED) is 0.502. The first kappa shape index (κ1) is 16.1. The van der Waals surface area contributed by atoms with Crippen LogP contribution in [0.1, 0.15) is 26.3 Å². The molecule has 6 nitrogen and oxygen atoms in total. The van der Waals surface area contributed by atoms with Gasteiger partial charge in [-0.15, -0.1) is 0 Å². The first-order valence-electron chi connectivity index (χ1n) is 6.11. The van der Waals surface area contributed by atoms with Crippen LogP contribution in [0.2, 0.25) is 5.02 Å². The number of carbonyl (C=O) groups is 1. The van der Waals surface area contributed by atoms with E-state index in [1.165, 1.54) is 0 Å². The van der Waals surface area contributed by atoms with Crippen LogP contribution >= 0.6 is 11.6 Å². The van der Waals surface area contributed by atoms with E-state index in [-0.39, 0.29) is 0 Å². The number of nitrogens with one attached hydrogen (secondary N) is 1. The van der Waals surface area contributed by atoms with Crippen LogP contribution in [-0.2, 0) is 11.2 Å². The highest BCUT2D eigenvalue weighted by Gasteiger charge is 2.17. The third-order valence-electron chi connectivity index (χ3n) is 2.23. The molecule has 0 radical (unpaired) electrons. The number of benzene rings is 1. The minimum atomic E-state index is -0.574. The fraction of sp³-hybridized carbons (Fsp3) is 0.462. The van der Waals surface area contributed by atoms with Gasteiger partial charge in [-0.25, -0.2) is 4.79 Å². The van der Waals surface area contributed by atoms with E-state index in [1.807, 2.05) is 6.07 Å². The summed E-state index contributed by atoms with van der Waals surface area (Å²) in [6, 6.07) is 5.23. The van der Waals surface area contributed by atoms with Crippen LogP contribution in [-0.4, -0.2) is 18.2 Å². The molecule has 0 aromatic heterocycles. The molecule has 0 spiro atoms. The van der Waals surface area contributed by atoms with E-state index >= 15 is 0 Å². The van der Waals surface area contributed by atoms with Crippen molar-refractivity contribution in [2.75, 3.05) is 11.9 Å². The van der Waals surface area contributed by atoms with Gasteiger partial charge in [-0.1, -0.05) is 22.8 Å². The second-order valence-electron chi connectivity index (χ2n) is 5.15. The molecular weight excluding hydrogens is 280 g/mol. The number of azide groups is 1. The molecule has 0 heterocycles. The molecule has 0 saturated heterocycles. The van der Waals surface area contributed by atoms with Gasteiger partial charge in [0.15, 0.2) is 0 Å². The fourth-order valence-electron chi connectivity index (χ4n) is 1.46.